The summed E-state index contributed by atoms with van der Waals surface area (Å²) >= 11 is 1.54. The van der Waals surface area contributed by atoms with Crippen LogP contribution in [0.15, 0.2) is 36.5 Å². The molecule has 8 heteroatoms. The summed E-state index contributed by atoms with van der Waals surface area (Å²) in [6.45, 7) is 5.61. The fraction of sp³-hybridized carbons (Fsp3) is 0.435. The highest BCUT2D eigenvalue weighted by Gasteiger charge is 2.26. The van der Waals surface area contributed by atoms with Crippen LogP contribution < -0.4 is 10.6 Å². The van der Waals surface area contributed by atoms with Crippen molar-refractivity contribution < 1.29 is 4.79 Å². The Hall–Kier alpha value is -2.55. The predicted octanol–water partition coefficient (Wildman–Crippen LogP) is 3.11. The second kappa shape index (κ2) is 8.90. The number of benzene rings is 1. The Labute approximate surface area is 186 Å². The Morgan fingerprint density at radius 2 is 2.13 bits per heavy atom. The minimum absolute atomic E-state index is 0.0380. The molecule has 0 radical (unpaired) electrons. The fourth-order valence-corrected chi connectivity index (χ4v) is 5.74. The number of nitrogens with one attached hydrogen (secondary N) is 2. The smallest absolute Gasteiger partial charge is 0.240 e. The van der Waals surface area contributed by atoms with Crippen molar-refractivity contribution >= 4 is 22.4 Å². The molecule has 7 nitrogen and oxygen atoms in total. The predicted molar refractivity (Wildman–Crippen MR) is 124 cm³/mol. The number of fused-ring (bicyclic) bond motifs is 3. The first-order chi connectivity index (χ1) is 15.2. The van der Waals surface area contributed by atoms with Crippen LogP contribution in [0.4, 0.5) is 5.13 Å². The number of aromatic nitrogens is 3. The molecule has 0 saturated carbocycles. The van der Waals surface area contributed by atoms with E-state index in [0.717, 1.165) is 47.9 Å². The van der Waals surface area contributed by atoms with Gasteiger partial charge in [-0.2, -0.15) is 5.10 Å². The van der Waals surface area contributed by atoms with Crippen molar-refractivity contribution in [2.24, 2.45) is 0 Å². The Morgan fingerprint density at radius 3 is 2.97 bits per heavy atom. The van der Waals surface area contributed by atoms with E-state index in [4.69, 9.17) is 4.98 Å². The molecule has 3 heterocycles. The van der Waals surface area contributed by atoms with Gasteiger partial charge in [-0.1, -0.05) is 36.5 Å². The lowest BCUT2D eigenvalue weighted by Crippen LogP contribution is -2.40. The van der Waals surface area contributed by atoms with Gasteiger partial charge in [-0.25, -0.2) is 9.67 Å². The van der Waals surface area contributed by atoms with Crippen LogP contribution in [0.5, 0.6) is 0 Å². The molecule has 5 rings (SSSR count). The molecule has 0 bridgehead atoms. The number of hydrogen-bond donors (Lipinski definition) is 2. The number of thiazole rings is 1. The summed E-state index contributed by atoms with van der Waals surface area (Å²) < 4.78 is 1.99. The van der Waals surface area contributed by atoms with E-state index in [0.29, 0.717) is 17.7 Å². The van der Waals surface area contributed by atoms with Gasteiger partial charge in [0.15, 0.2) is 5.13 Å². The average Bonchev–Trinajstić information content (AvgIpc) is 3.51. The van der Waals surface area contributed by atoms with E-state index in [2.05, 4.69) is 39.7 Å². The van der Waals surface area contributed by atoms with Crippen LogP contribution in [0.25, 0.3) is 16.3 Å². The summed E-state index contributed by atoms with van der Waals surface area (Å²) in [5, 5.41) is 11.6. The summed E-state index contributed by atoms with van der Waals surface area (Å²) in [6, 6.07) is 10.7. The zero-order chi connectivity index (χ0) is 21.2. The Kier molecular flexibility index (Phi) is 5.85. The summed E-state index contributed by atoms with van der Waals surface area (Å²) in [6.07, 6.45) is 6.21. The first kappa shape index (κ1) is 20.4. The van der Waals surface area contributed by atoms with Gasteiger partial charge in [0.2, 0.25) is 5.91 Å². The normalized spacial score (nSPS) is 18.0. The number of amides is 1. The average molecular weight is 437 g/mol. The minimum Gasteiger partial charge on any atom is -0.307 e. The van der Waals surface area contributed by atoms with E-state index < -0.39 is 0 Å². The number of para-hydroxylation sites is 1. The van der Waals surface area contributed by atoms with Crippen LogP contribution in [0.2, 0.25) is 0 Å². The first-order valence-electron chi connectivity index (χ1n) is 11.1. The summed E-state index contributed by atoms with van der Waals surface area (Å²) in [5.41, 5.74) is 4.41. The number of anilines is 1. The number of likely N-dealkylation sites (tertiary alicyclic amines) is 1. The molecule has 162 valence electrons. The van der Waals surface area contributed by atoms with Crippen molar-refractivity contribution in [1.29, 1.82) is 0 Å². The molecule has 2 aromatic heterocycles. The lowest BCUT2D eigenvalue weighted by Gasteiger charge is -2.22. The molecule has 3 aromatic rings. The Morgan fingerprint density at radius 1 is 1.26 bits per heavy atom. The molecule has 1 unspecified atom stereocenters. The Balaban J connectivity index is 1.26. The fourth-order valence-electron chi connectivity index (χ4n) is 4.64. The molecule has 1 fully saturated rings. The van der Waals surface area contributed by atoms with Gasteiger partial charge in [-0.05, 0) is 56.5 Å². The lowest BCUT2D eigenvalue weighted by molar-refractivity contribution is -0.115. The van der Waals surface area contributed by atoms with Gasteiger partial charge in [-0.15, -0.1) is 0 Å². The summed E-state index contributed by atoms with van der Waals surface area (Å²) in [4.78, 5) is 20.8. The molecule has 2 aliphatic rings. The number of aryl methyl sites for hydroxylation is 2. The zero-order valence-corrected chi connectivity index (χ0v) is 18.6. The van der Waals surface area contributed by atoms with Crippen LogP contribution in [-0.2, 0) is 17.6 Å². The molecule has 1 amide bonds. The van der Waals surface area contributed by atoms with Crippen molar-refractivity contribution in [2.45, 2.75) is 38.6 Å². The van der Waals surface area contributed by atoms with Crippen LogP contribution in [0.1, 0.15) is 31.0 Å². The van der Waals surface area contributed by atoms with Crippen LogP contribution in [0.3, 0.4) is 0 Å². The third kappa shape index (κ3) is 4.15. The molecule has 1 atom stereocenters. The SMILES string of the molecule is CCN1CCCC1CNCC(=O)Nc1nc2c(s1)-c1c(cnn1-c1ccccc1)CC2. The Bertz CT molecular complexity index is 1060. The zero-order valence-electron chi connectivity index (χ0n) is 17.8. The minimum atomic E-state index is -0.0380. The number of carbonyl (C=O) groups excluding carboxylic acids is 1. The third-order valence-corrected chi connectivity index (χ3v) is 7.23. The molecule has 31 heavy (non-hydrogen) atoms. The molecule has 2 N–H and O–H groups in total. The standard InChI is InChI=1S/C23H28N6OS/c1-2-28-12-6-9-18(28)14-24-15-20(30)27-23-26-19-11-10-16-13-25-29(21(16)22(19)31-23)17-7-4-3-5-8-17/h3-5,7-8,13,18,24H,2,6,9-12,14-15H2,1H3,(H,26,27,30). The van der Waals surface area contributed by atoms with E-state index in [9.17, 15) is 4.79 Å². The van der Waals surface area contributed by atoms with E-state index in [1.54, 1.807) is 11.3 Å². The molecular formula is C23H28N6OS. The van der Waals surface area contributed by atoms with Gasteiger partial charge in [0.25, 0.3) is 0 Å². The van der Waals surface area contributed by atoms with Gasteiger partial charge < -0.3 is 10.6 Å². The number of likely N-dealkylation sites (N-methyl/N-ethyl adjacent to an activating group) is 1. The van der Waals surface area contributed by atoms with E-state index >= 15 is 0 Å². The highest BCUT2D eigenvalue weighted by atomic mass is 32.1. The summed E-state index contributed by atoms with van der Waals surface area (Å²) in [7, 11) is 0. The number of nitrogens with zero attached hydrogens (tertiary/aromatic N) is 4. The maximum absolute atomic E-state index is 12.5. The second-order valence-corrected chi connectivity index (χ2v) is 9.16. The van der Waals surface area contributed by atoms with E-state index in [1.165, 1.54) is 24.9 Å². The number of carbonyl (C=O) groups is 1. The van der Waals surface area contributed by atoms with Crippen molar-refractivity contribution in [3.63, 3.8) is 0 Å². The number of hydrogen-bond acceptors (Lipinski definition) is 6. The van der Waals surface area contributed by atoms with Gasteiger partial charge in [0, 0.05) is 12.6 Å². The van der Waals surface area contributed by atoms with Crippen molar-refractivity contribution in [2.75, 3.05) is 31.5 Å². The molecule has 1 aromatic carbocycles. The molecule has 1 saturated heterocycles. The second-order valence-electron chi connectivity index (χ2n) is 8.16. The van der Waals surface area contributed by atoms with Crippen molar-refractivity contribution in [1.82, 2.24) is 25.0 Å². The largest absolute Gasteiger partial charge is 0.307 e. The molecular weight excluding hydrogens is 408 g/mol. The van der Waals surface area contributed by atoms with Crippen LogP contribution >= 0.6 is 11.3 Å². The highest BCUT2D eigenvalue weighted by Crippen LogP contribution is 2.40. The van der Waals surface area contributed by atoms with Crippen molar-refractivity contribution in [3.05, 3.63) is 47.8 Å². The highest BCUT2D eigenvalue weighted by molar-refractivity contribution is 7.19. The maximum Gasteiger partial charge on any atom is 0.240 e. The lowest BCUT2D eigenvalue weighted by atomic mass is 10.0. The topological polar surface area (TPSA) is 75.1 Å². The monoisotopic (exact) mass is 436 g/mol. The van der Waals surface area contributed by atoms with Gasteiger partial charge in [0.05, 0.1) is 34.7 Å². The van der Waals surface area contributed by atoms with Gasteiger partial charge in [0.1, 0.15) is 0 Å². The molecule has 0 spiro atoms. The maximum atomic E-state index is 12.5. The third-order valence-electron chi connectivity index (χ3n) is 6.21. The van der Waals surface area contributed by atoms with Gasteiger partial charge in [-0.3, -0.25) is 9.69 Å². The number of rotatable bonds is 7. The van der Waals surface area contributed by atoms with E-state index in [1.807, 2.05) is 29.1 Å². The quantitative estimate of drug-likeness (QED) is 0.595. The van der Waals surface area contributed by atoms with Gasteiger partial charge >= 0.3 is 0 Å². The van der Waals surface area contributed by atoms with E-state index in [-0.39, 0.29) is 5.91 Å². The molecule has 1 aliphatic heterocycles. The van der Waals surface area contributed by atoms with Crippen molar-refractivity contribution in [3.8, 4) is 16.3 Å². The summed E-state index contributed by atoms with van der Waals surface area (Å²) in [5.74, 6) is -0.0380. The molecule has 1 aliphatic carbocycles. The van der Waals surface area contributed by atoms with Crippen LogP contribution in [0, 0.1) is 0 Å². The van der Waals surface area contributed by atoms with Crippen LogP contribution in [-0.4, -0.2) is 57.8 Å². The first-order valence-corrected chi connectivity index (χ1v) is 11.9.